The Morgan fingerprint density at radius 2 is 1.75 bits per heavy atom. The van der Waals surface area contributed by atoms with Gasteiger partial charge in [-0.25, -0.2) is 9.79 Å². The lowest BCUT2D eigenvalue weighted by Crippen LogP contribution is -2.19. The molecule has 0 aromatic heterocycles. The van der Waals surface area contributed by atoms with Crippen LogP contribution in [0.4, 0.5) is 0 Å². The highest BCUT2D eigenvalue weighted by Crippen LogP contribution is 2.55. The molecule has 74 valence electrons. The van der Waals surface area contributed by atoms with E-state index in [1.54, 1.807) is 0 Å². The van der Waals surface area contributed by atoms with Gasteiger partial charge in [-0.2, -0.15) is 0 Å². The van der Waals surface area contributed by atoms with E-state index in [0.29, 0.717) is 6.16 Å². The molecule has 12 heavy (non-hydrogen) atoms. The lowest BCUT2D eigenvalue weighted by Gasteiger charge is -2.19. The second kappa shape index (κ2) is 5.84. The van der Waals surface area contributed by atoms with Gasteiger partial charge in [0, 0.05) is 14.2 Å². The Hall–Kier alpha value is 0.270. The maximum Gasteiger partial charge on any atom is 0.328 e. The summed E-state index contributed by atoms with van der Waals surface area (Å²) >= 11 is 0. The lowest BCUT2D eigenvalue weighted by molar-refractivity contribution is -0.0542. The molecule has 0 aromatic rings. The number of methoxy groups -OCH3 is 2. The van der Waals surface area contributed by atoms with Crippen LogP contribution in [0, 0.1) is 0 Å². The van der Waals surface area contributed by atoms with Gasteiger partial charge < -0.3 is 9.47 Å². The van der Waals surface area contributed by atoms with Crippen LogP contribution in [0.2, 0.25) is 0 Å². The second-order valence-electron chi connectivity index (χ2n) is 2.64. The quantitative estimate of drug-likeness (QED) is 0.496. The van der Waals surface area contributed by atoms with E-state index in [2.05, 4.69) is 0 Å². The standard InChI is InChI=1S/C7H18O4P/c1-4-5-6-12(8,9)7(10-2)11-3/h7-9H,4-6H2,1-3H3/q+1. The monoisotopic (exact) mass is 197 g/mol. The molecule has 0 saturated heterocycles. The molecule has 0 saturated carbocycles. The summed E-state index contributed by atoms with van der Waals surface area (Å²) in [5.41, 5.74) is 0. The van der Waals surface area contributed by atoms with Gasteiger partial charge in [-0.05, 0) is 6.42 Å². The number of hydrogen-bond acceptors (Lipinski definition) is 4. The van der Waals surface area contributed by atoms with Crippen LogP contribution in [0.3, 0.4) is 0 Å². The third-order valence-electron chi connectivity index (χ3n) is 1.58. The molecule has 0 aliphatic rings. The van der Waals surface area contributed by atoms with Crippen LogP contribution in [0.25, 0.3) is 0 Å². The van der Waals surface area contributed by atoms with E-state index in [1.165, 1.54) is 14.2 Å². The summed E-state index contributed by atoms with van der Waals surface area (Å²) in [6.45, 7) is 1.99. The molecular weight excluding hydrogens is 179 g/mol. The Morgan fingerprint density at radius 1 is 1.25 bits per heavy atom. The van der Waals surface area contributed by atoms with Crippen molar-refractivity contribution in [1.82, 2.24) is 0 Å². The first-order valence-electron chi connectivity index (χ1n) is 3.97. The molecule has 0 amide bonds. The summed E-state index contributed by atoms with van der Waals surface area (Å²) in [5.74, 6) is 0. The molecule has 0 heterocycles. The molecule has 0 bridgehead atoms. The molecule has 4 nitrogen and oxygen atoms in total. The molecule has 0 radical (unpaired) electrons. The Kier molecular flexibility index (Phi) is 5.97. The van der Waals surface area contributed by atoms with Gasteiger partial charge in [0.1, 0.15) is 6.16 Å². The van der Waals surface area contributed by atoms with Crippen molar-refractivity contribution < 1.29 is 19.3 Å². The highest BCUT2D eigenvalue weighted by atomic mass is 31.2. The Morgan fingerprint density at radius 3 is 2.08 bits per heavy atom. The number of unbranched alkanes of at least 4 members (excludes halogenated alkanes) is 1. The first-order chi connectivity index (χ1) is 5.58. The summed E-state index contributed by atoms with van der Waals surface area (Å²) in [7, 11) is -0.205. The molecule has 0 rings (SSSR count). The van der Waals surface area contributed by atoms with Gasteiger partial charge in [-0.15, -0.1) is 0 Å². The van der Waals surface area contributed by atoms with Crippen molar-refractivity contribution >= 4 is 7.72 Å². The van der Waals surface area contributed by atoms with Gasteiger partial charge >= 0.3 is 13.7 Å². The summed E-state index contributed by atoms with van der Waals surface area (Å²) < 4.78 is 9.58. The number of ether oxygens (including phenoxy) is 2. The normalized spacial score (nSPS) is 12.5. The highest BCUT2D eigenvalue weighted by molar-refractivity contribution is 7.64. The van der Waals surface area contributed by atoms with E-state index in [-0.39, 0.29) is 0 Å². The number of rotatable bonds is 6. The van der Waals surface area contributed by atoms with Crippen molar-refractivity contribution in [1.29, 1.82) is 0 Å². The zero-order valence-electron chi connectivity index (χ0n) is 7.86. The van der Waals surface area contributed by atoms with Crippen LogP contribution in [-0.2, 0) is 9.47 Å². The van der Waals surface area contributed by atoms with E-state index in [9.17, 15) is 9.79 Å². The molecule has 0 fully saturated rings. The zero-order chi connectivity index (χ0) is 9.61. The fourth-order valence-corrected chi connectivity index (χ4v) is 2.60. The maximum absolute atomic E-state index is 9.52. The van der Waals surface area contributed by atoms with Crippen LogP contribution in [0.15, 0.2) is 0 Å². The van der Waals surface area contributed by atoms with Gasteiger partial charge in [0.2, 0.25) is 0 Å². The maximum atomic E-state index is 9.52. The van der Waals surface area contributed by atoms with Crippen LogP contribution < -0.4 is 0 Å². The van der Waals surface area contributed by atoms with Crippen molar-refractivity contribution in [3.8, 4) is 0 Å². The highest BCUT2D eigenvalue weighted by Gasteiger charge is 2.44. The van der Waals surface area contributed by atoms with Crippen molar-refractivity contribution in [3.63, 3.8) is 0 Å². The molecule has 5 heteroatoms. The minimum Gasteiger partial charge on any atom is -0.321 e. The van der Waals surface area contributed by atoms with E-state index in [4.69, 9.17) is 9.47 Å². The van der Waals surface area contributed by atoms with Crippen molar-refractivity contribution in [3.05, 3.63) is 0 Å². The van der Waals surface area contributed by atoms with Gasteiger partial charge in [-0.1, -0.05) is 13.3 Å². The summed E-state index contributed by atoms with van der Waals surface area (Å²) in [4.78, 5) is 19.0. The fraction of sp³-hybridized carbons (Fsp3) is 1.00. The zero-order valence-corrected chi connectivity index (χ0v) is 8.75. The molecule has 0 aromatic carbocycles. The van der Waals surface area contributed by atoms with Crippen LogP contribution >= 0.6 is 7.72 Å². The smallest absolute Gasteiger partial charge is 0.321 e. The summed E-state index contributed by atoms with van der Waals surface area (Å²) in [6.07, 6.45) is 2.09. The first kappa shape index (κ1) is 12.3. The van der Waals surface area contributed by atoms with Crippen molar-refractivity contribution in [2.75, 3.05) is 20.4 Å². The molecular formula is C7H18O4P+. The van der Waals surface area contributed by atoms with Gasteiger partial charge in [0.25, 0.3) is 0 Å². The number of hydrogen-bond donors (Lipinski definition) is 2. The topological polar surface area (TPSA) is 58.9 Å². The molecule has 0 unspecified atom stereocenters. The second-order valence-corrected chi connectivity index (χ2v) is 5.08. The van der Waals surface area contributed by atoms with Crippen LogP contribution in [0.5, 0.6) is 0 Å². The Labute approximate surface area is 74.0 Å². The predicted molar refractivity (Wildman–Crippen MR) is 48.9 cm³/mol. The van der Waals surface area contributed by atoms with Crippen LogP contribution in [-0.4, -0.2) is 36.2 Å². The molecule has 0 aliphatic carbocycles. The fourth-order valence-electron chi connectivity index (χ4n) is 0.930. The molecule has 2 N–H and O–H groups in total. The Balaban J connectivity index is 3.96. The van der Waals surface area contributed by atoms with Crippen molar-refractivity contribution in [2.24, 2.45) is 0 Å². The minimum absolute atomic E-state index is 0.371. The molecule has 0 aliphatic heterocycles. The average molecular weight is 197 g/mol. The van der Waals surface area contributed by atoms with Gasteiger partial charge in [-0.3, -0.25) is 0 Å². The lowest BCUT2D eigenvalue weighted by atomic mass is 10.4. The van der Waals surface area contributed by atoms with E-state index < -0.39 is 13.7 Å². The molecule has 0 atom stereocenters. The predicted octanol–water partition coefficient (Wildman–Crippen LogP) is 1.20. The average Bonchev–Trinajstić information content (AvgIpc) is 2.03. The SMILES string of the molecule is CCCC[P+](O)(O)C(OC)OC. The van der Waals surface area contributed by atoms with E-state index >= 15 is 0 Å². The van der Waals surface area contributed by atoms with E-state index in [1.807, 2.05) is 6.92 Å². The first-order valence-corrected chi connectivity index (χ1v) is 5.92. The molecule has 0 spiro atoms. The van der Waals surface area contributed by atoms with E-state index in [0.717, 1.165) is 12.8 Å². The third-order valence-corrected chi connectivity index (χ3v) is 3.65. The van der Waals surface area contributed by atoms with Crippen molar-refractivity contribution in [2.45, 2.75) is 25.8 Å². The minimum atomic E-state index is -3.01. The van der Waals surface area contributed by atoms with Crippen LogP contribution in [0.1, 0.15) is 19.8 Å². The summed E-state index contributed by atoms with van der Waals surface area (Å²) in [6, 6.07) is -0.857. The van der Waals surface area contributed by atoms with Gasteiger partial charge in [0.05, 0.1) is 0 Å². The Bertz CT molecular complexity index is 114. The van der Waals surface area contributed by atoms with Gasteiger partial charge in [0.15, 0.2) is 0 Å². The summed E-state index contributed by atoms with van der Waals surface area (Å²) in [5, 5.41) is 0. The third kappa shape index (κ3) is 3.78. The largest absolute Gasteiger partial charge is 0.328 e.